The molecule has 4 nitrogen and oxygen atoms in total. The first-order valence-electron chi connectivity index (χ1n) is 5.07. The molecule has 0 amide bonds. The van der Waals surface area contributed by atoms with Crippen LogP contribution in [0.3, 0.4) is 0 Å². The van der Waals surface area contributed by atoms with E-state index in [1.165, 1.54) is 11.8 Å². The number of hydrogen-bond donors (Lipinski definition) is 1. The van der Waals surface area contributed by atoms with Crippen molar-refractivity contribution in [1.82, 2.24) is 14.8 Å². The molecule has 0 aliphatic heterocycles. The molecular weight excluding hydrogens is 258 g/mol. The van der Waals surface area contributed by atoms with E-state index >= 15 is 0 Å². The van der Waals surface area contributed by atoms with Gasteiger partial charge in [-0.1, -0.05) is 17.7 Å². The first-order valence-corrected chi connectivity index (χ1v) is 6.26. The molecule has 0 saturated carbocycles. The van der Waals surface area contributed by atoms with Crippen molar-refractivity contribution in [1.29, 1.82) is 0 Å². The smallest absolute Gasteiger partial charge is 0.195 e. The summed E-state index contributed by atoms with van der Waals surface area (Å²) in [5, 5.41) is 18.6. The molecule has 0 radical (unpaired) electrons. The Balaban J connectivity index is 2.26. The van der Waals surface area contributed by atoms with Gasteiger partial charge in [-0.05, 0) is 36.4 Å². The molecule has 0 bridgehead atoms. The highest BCUT2D eigenvalue weighted by Crippen LogP contribution is 2.33. The Morgan fingerprint density at radius 3 is 2.76 bits per heavy atom. The van der Waals surface area contributed by atoms with Crippen molar-refractivity contribution in [3.05, 3.63) is 35.1 Å². The average molecular weight is 270 g/mol. The normalized spacial score (nSPS) is 12.7. The molecule has 2 aromatic rings. The third-order valence-corrected chi connectivity index (χ3v) is 3.86. The zero-order valence-corrected chi connectivity index (χ0v) is 11.0. The number of aliphatic hydroxyl groups is 1. The van der Waals surface area contributed by atoms with Gasteiger partial charge in [0.05, 0.1) is 11.1 Å². The van der Waals surface area contributed by atoms with E-state index < -0.39 is 6.10 Å². The van der Waals surface area contributed by atoms with Crippen molar-refractivity contribution in [2.75, 3.05) is 0 Å². The SMILES string of the molecule is C[C@H](O)c1ccc(Sc2nncn2C)c(Cl)c1. The van der Waals surface area contributed by atoms with E-state index in [0.29, 0.717) is 5.02 Å². The van der Waals surface area contributed by atoms with Gasteiger partial charge in [-0.3, -0.25) is 0 Å². The minimum Gasteiger partial charge on any atom is -0.389 e. The molecule has 1 aromatic carbocycles. The van der Waals surface area contributed by atoms with Gasteiger partial charge in [-0.25, -0.2) is 0 Å². The highest BCUT2D eigenvalue weighted by atomic mass is 35.5. The lowest BCUT2D eigenvalue weighted by atomic mass is 10.1. The van der Waals surface area contributed by atoms with E-state index in [-0.39, 0.29) is 0 Å². The van der Waals surface area contributed by atoms with Crippen LogP contribution in [-0.4, -0.2) is 19.9 Å². The van der Waals surface area contributed by atoms with Crippen LogP contribution in [0.2, 0.25) is 5.02 Å². The van der Waals surface area contributed by atoms with Crippen molar-refractivity contribution in [2.45, 2.75) is 23.1 Å². The fraction of sp³-hybridized carbons (Fsp3) is 0.273. The number of rotatable bonds is 3. The number of hydrogen-bond acceptors (Lipinski definition) is 4. The van der Waals surface area contributed by atoms with Crippen LogP contribution in [-0.2, 0) is 7.05 Å². The molecule has 0 fully saturated rings. The fourth-order valence-electron chi connectivity index (χ4n) is 1.32. The number of aliphatic hydroxyl groups excluding tert-OH is 1. The molecular formula is C11H12ClN3OS. The van der Waals surface area contributed by atoms with E-state index in [9.17, 15) is 5.11 Å². The Morgan fingerprint density at radius 1 is 1.47 bits per heavy atom. The van der Waals surface area contributed by atoms with Gasteiger partial charge in [0.15, 0.2) is 5.16 Å². The highest BCUT2D eigenvalue weighted by molar-refractivity contribution is 7.99. The Morgan fingerprint density at radius 2 is 2.24 bits per heavy atom. The maximum absolute atomic E-state index is 9.45. The minimum atomic E-state index is -0.513. The van der Waals surface area contributed by atoms with Gasteiger partial charge in [0.25, 0.3) is 0 Å². The molecule has 1 heterocycles. The third kappa shape index (κ3) is 2.80. The van der Waals surface area contributed by atoms with Gasteiger partial charge in [-0.2, -0.15) is 0 Å². The zero-order valence-electron chi connectivity index (χ0n) is 9.46. The molecule has 1 N–H and O–H groups in total. The van der Waals surface area contributed by atoms with Crippen molar-refractivity contribution in [3.63, 3.8) is 0 Å². The molecule has 0 unspecified atom stereocenters. The molecule has 0 aliphatic carbocycles. The van der Waals surface area contributed by atoms with Gasteiger partial charge >= 0.3 is 0 Å². The van der Waals surface area contributed by atoms with Crippen LogP contribution in [0.1, 0.15) is 18.6 Å². The summed E-state index contributed by atoms with van der Waals surface area (Å²) in [4.78, 5) is 0.896. The van der Waals surface area contributed by atoms with Gasteiger partial charge in [0, 0.05) is 11.9 Å². The van der Waals surface area contributed by atoms with Crippen LogP contribution in [0.15, 0.2) is 34.6 Å². The second kappa shape index (κ2) is 5.08. The number of aromatic nitrogens is 3. The molecule has 0 aliphatic rings. The van der Waals surface area contributed by atoms with Crippen LogP contribution < -0.4 is 0 Å². The molecule has 1 atom stereocenters. The standard InChI is InChI=1S/C11H12ClN3OS/c1-7(16)8-3-4-10(9(12)5-8)17-11-14-13-6-15(11)2/h3-7,16H,1-2H3/t7-/m0/s1. The molecule has 0 spiro atoms. The van der Waals surface area contributed by atoms with Crippen LogP contribution in [0, 0.1) is 0 Å². The van der Waals surface area contributed by atoms with E-state index in [2.05, 4.69) is 10.2 Å². The average Bonchev–Trinajstić information content (AvgIpc) is 2.67. The topological polar surface area (TPSA) is 50.9 Å². The van der Waals surface area contributed by atoms with Gasteiger partial charge in [0.2, 0.25) is 0 Å². The zero-order chi connectivity index (χ0) is 12.4. The molecule has 17 heavy (non-hydrogen) atoms. The second-order valence-corrected chi connectivity index (χ2v) is 5.11. The Kier molecular flexibility index (Phi) is 3.71. The van der Waals surface area contributed by atoms with Crippen molar-refractivity contribution < 1.29 is 5.11 Å². The monoisotopic (exact) mass is 269 g/mol. The lowest BCUT2D eigenvalue weighted by Crippen LogP contribution is -1.92. The summed E-state index contributed by atoms with van der Waals surface area (Å²) < 4.78 is 1.82. The lowest BCUT2D eigenvalue weighted by molar-refractivity contribution is 0.199. The maximum Gasteiger partial charge on any atom is 0.195 e. The number of halogens is 1. The minimum absolute atomic E-state index is 0.513. The summed E-state index contributed by atoms with van der Waals surface area (Å²) in [6.45, 7) is 1.71. The molecule has 6 heteroatoms. The summed E-state index contributed by atoms with van der Waals surface area (Å²) in [5.74, 6) is 0. The van der Waals surface area contributed by atoms with Crippen molar-refractivity contribution in [2.24, 2.45) is 7.05 Å². The summed E-state index contributed by atoms with van der Waals surface area (Å²) in [6.07, 6.45) is 1.13. The summed E-state index contributed by atoms with van der Waals surface area (Å²) in [7, 11) is 1.88. The first kappa shape index (κ1) is 12.4. The van der Waals surface area contributed by atoms with E-state index in [4.69, 9.17) is 11.6 Å². The van der Waals surface area contributed by atoms with Crippen LogP contribution in [0.4, 0.5) is 0 Å². The third-order valence-electron chi connectivity index (χ3n) is 2.31. The maximum atomic E-state index is 9.45. The molecule has 0 saturated heterocycles. The van der Waals surface area contributed by atoms with Gasteiger partial charge < -0.3 is 9.67 Å². The number of aryl methyl sites for hydroxylation is 1. The van der Waals surface area contributed by atoms with Crippen LogP contribution in [0.25, 0.3) is 0 Å². The first-order chi connectivity index (χ1) is 8.08. The number of nitrogens with zero attached hydrogens (tertiary/aromatic N) is 3. The second-order valence-electron chi connectivity index (χ2n) is 3.69. The predicted octanol–water partition coefficient (Wildman–Crippen LogP) is 2.67. The molecule has 1 aromatic heterocycles. The van der Waals surface area contributed by atoms with Crippen LogP contribution in [0.5, 0.6) is 0 Å². The van der Waals surface area contributed by atoms with Gasteiger partial charge in [0.1, 0.15) is 6.33 Å². The van der Waals surface area contributed by atoms with Crippen molar-refractivity contribution in [3.8, 4) is 0 Å². The Bertz CT molecular complexity index is 527. The number of benzene rings is 1. The summed E-state index contributed by atoms with van der Waals surface area (Å²) >= 11 is 7.60. The highest BCUT2D eigenvalue weighted by Gasteiger charge is 2.09. The lowest BCUT2D eigenvalue weighted by Gasteiger charge is -2.08. The predicted molar refractivity (Wildman–Crippen MR) is 67.2 cm³/mol. The van der Waals surface area contributed by atoms with Gasteiger partial charge in [-0.15, -0.1) is 10.2 Å². The fourth-order valence-corrected chi connectivity index (χ4v) is 2.40. The van der Waals surface area contributed by atoms with E-state index in [0.717, 1.165) is 15.6 Å². The Hall–Kier alpha value is -1.04. The van der Waals surface area contributed by atoms with E-state index in [1.807, 2.05) is 23.7 Å². The largest absolute Gasteiger partial charge is 0.389 e. The van der Waals surface area contributed by atoms with Crippen molar-refractivity contribution >= 4 is 23.4 Å². The molecule has 90 valence electrons. The summed E-state index contributed by atoms with van der Waals surface area (Å²) in [5.41, 5.74) is 0.803. The Labute approximate surface area is 109 Å². The quantitative estimate of drug-likeness (QED) is 0.931. The van der Waals surface area contributed by atoms with Crippen LogP contribution >= 0.6 is 23.4 Å². The summed E-state index contributed by atoms with van der Waals surface area (Å²) in [6, 6.07) is 5.50. The molecule has 2 rings (SSSR count). The van der Waals surface area contributed by atoms with E-state index in [1.54, 1.807) is 19.3 Å².